The molecule has 2 heterocycles. The van der Waals surface area contributed by atoms with Gasteiger partial charge in [-0.3, -0.25) is 10.1 Å². The number of carbonyl (C=O) groups is 1. The standard InChI is InChI=1S/C22H20N6O2S/c1-14-8-10-17(11-9-14)30-21-25-15(2)24-20(27-21)28-22-23-13-18(31-22)12-19(29)26-16-6-4-3-5-7-16/h3-11,13H,12H2,1-2H3,(H,26,29)(H,23,24,25,27,28). The highest BCUT2D eigenvalue weighted by atomic mass is 32.1. The number of hydrogen-bond acceptors (Lipinski definition) is 8. The van der Waals surface area contributed by atoms with Crippen LogP contribution >= 0.6 is 11.3 Å². The molecule has 0 aliphatic carbocycles. The summed E-state index contributed by atoms with van der Waals surface area (Å²) in [5, 5.41) is 6.50. The Bertz CT molecular complexity index is 1180. The molecule has 0 radical (unpaired) electrons. The van der Waals surface area contributed by atoms with Gasteiger partial charge in [0.1, 0.15) is 11.6 Å². The van der Waals surface area contributed by atoms with Gasteiger partial charge in [-0.05, 0) is 38.1 Å². The number of thiazole rings is 1. The van der Waals surface area contributed by atoms with Crippen molar-refractivity contribution in [3.05, 3.63) is 77.1 Å². The average Bonchev–Trinajstić information content (AvgIpc) is 3.16. The summed E-state index contributed by atoms with van der Waals surface area (Å²) in [5.41, 5.74) is 1.90. The van der Waals surface area contributed by atoms with Gasteiger partial charge in [-0.15, -0.1) is 11.3 Å². The van der Waals surface area contributed by atoms with Crippen LogP contribution in [0.25, 0.3) is 0 Å². The fourth-order valence-electron chi connectivity index (χ4n) is 2.70. The number of ether oxygens (including phenoxy) is 1. The number of nitrogens with one attached hydrogen (secondary N) is 2. The van der Waals surface area contributed by atoms with E-state index in [1.54, 1.807) is 13.1 Å². The number of hydrogen-bond donors (Lipinski definition) is 2. The molecule has 0 fully saturated rings. The molecule has 31 heavy (non-hydrogen) atoms. The number of anilines is 3. The number of amides is 1. The maximum absolute atomic E-state index is 12.2. The highest BCUT2D eigenvalue weighted by Crippen LogP contribution is 2.24. The van der Waals surface area contributed by atoms with Crippen LogP contribution in [0, 0.1) is 13.8 Å². The van der Waals surface area contributed by atoms with Gasteiger partial charge in [-0.25, -0.2) is 4.98 Å². The molecule has 8 nitrogen and oxygen atoms in total. The van der Waals surface area contributed by atoms with Crippen LogP contribution in [0.5, 0.6) is 11.8 Å². The van der Waals surface area contributed by atoms with E-state index in [1.165, 1.54) is 11.3 Å². The first-order valence-corrected chi connectivity index (χ1v) is 10.4. The lowest BCUT2D eigenvalue weighted by molar-refractivity contribution is -0.115. The molecule has 2 N–H and O–H groups in total. The molecular weight excluding hydrogens is 412 g/mol. The molecule has 0 atom stereocenters. The Hall–Kier alpha value is -3.85. The molecule has 0 saturated heterocycles. The molecule has 2 aromatic carbocycles. The Balaban J connectivity index is 1.40. The molecule has 1 amide bonds. The van der Waals surface area contributed by atoms with E-state index in [4.69, 9.17) is 4.74 Å². The monoisotopic (exact) mass is 432 g/mol. The Morgan fingerprint density at radius 2 is 1.77 bits per heavy atom. The summed E-state index contributed by atoms with van der Waals surface area (Å²) < 4.78 is 5.73. The van der Waals surface area contributed by atoms with E-state index in [1.807, 2.05) is 61.5 Å². The Morgan fingerprint density at radius 1 is 1.00 bits per heavy atom. The van der Waals surface area contributed by atoms with Gasteiger partial charge in [0.05, 0.1) is 6.42 Å². The van der Waals surface area contributed by atoms with Gasteiger partial charge < -0.3 is 10.1 Å². The van der Waals surface area contributed by atoms with E-state index in [9.17, 15) is 4.79 Å². The molecule has 0 bridgehead atoms. The second kappa shape index (κ2) is 9.31. The molecule has 4 aromatic rings. The number of rotatable bonds is 7. The average molecular weight is 433 g/mol. The first-order chi connectivity index (χ1) is 15.0. The minimum atomic E-state index is -0.105. The molecule has 9 heteroatoms. The largest absolute Gasteiger partial charge is 0.424 e. The van der Waals surface area contributed by atoms with E-state index in [2.05, 4.69) is 30.6 Å². The van der Waals surface area contributed by atoms with Gasteiger partial charge in [-0.2, -0.15) is 15.0 Å². The van der Waals surface area contributed by atoms with E-state index in [-0.39, 0.29) is 18.3 Å². The van der Waals surface area contributed by atoms with Crippen molar-refractivity contribution in [3.8, 4) is 11.8 Å². The van der Waals surface area contributed by atoms with E-state index in [0.29, 0.717) is 22.7 Å². The fraction of sp³-hybridized carbons (Fsp3) is 0.136. The number of aryl methyl sites for hydroxylation is 2. The number of para-hydroxylation sites is 1. The van der Waals surface area contributed by atoms with Crippen molar-refractivity contribution in [2.24, 2.45) is 0 Å². The predicted molar refractivity (Wildman–Crippen MR) is 120 cm³/mol. The van der Waals surface area contributed by atoms with Crippen molar-refractivity contribution in [1.29, 1.82) is 0 Å². The summed E-state index contributed by atoms with van der Waals surface area (Å²) in [4.78, 5) is 30.2. The molecule has 0 aliphatic heterocycles. The van der Waals surface area contributed by atoms with Crippen molar-refractivity contribution < 1.29 is 9.53 Å². The summed E-state index contributed by atoms with van der Waals surface area (Å²) in [6.45, 7) is 3.77. The van der Waals surface area contributed by atoms with Gasteiger partial charge in [0.2, 0.25) is 11.9 Å². The summed E-state index contributed by atoms with van der Waals surface area (Å²) >= 11 is 1.36. The molecule has 2 aromatic heterocycles. The van der Waals surface area contributed by atoms with Gasteiger partial charge >= 0.3 is 6.01 Å². The van der Waals surface area contributed by atoms with Crippen molar-refractivity contribution in [2.45, 2.75) is 20.3 Å². The number of nitrogens with zero attached hydrogens (tertiary/aromatic N) is 4. The molecule has 0 aliphatic rings. The minimum absolute atomic E-state index is 0.105. The summed E-state index contributed by atoms with van der Waals surface area (Å²) in [6.07, 6.45) is 1.89. The van der Waals surface area contributed by atoms with Gasteiger partial charge in [0.25, 0.3) is 0 Å². The lowest BCUT2D eigenvalue weighted by Crippen LogP contribution is -2.13. The second-order valence-corrected chi connectivity index (χ2v) is 7.87. The summed E-state index contributed by atoms with van der Waals surface area (Å²) in [6, 6.07) is 17.1. The van der Waals surface area contributed by atoms with Crippen molar-refractivity contribution in [2.75, 3.05) is 10.6 Å². The number of carbonyl (C=O) groups excluding carboxylic acids is 1. The van der Waals surface area contributed by atoms with Crippen LogP contribution < -0.4 is 15.4 Å². The third-order valence-corrected chi connectivity index (χ3v) is 5.03. The van der Waals surface area contributed by atoms with Crippen LogP contribution in [-0.4, -0.2) is 25.8 Å². The second-order valence-electron chi connectivity index (χ2n) is 6.75. The smallest absolute Gasteiger partial charge is 0.327 e. The van der Waals surface area contributed by atoms with Crippen molar-refractivity contribution in [1.82, 2.24) is 19.9 Å². The molecular formula is C22H20N6O2S. The molecule has 0 saturated carbocycles. The zero-order valence-electron chi connectivity index (χ0n) is 17.0. The van der Waals surface area contributed by atoms with E-state index in [0.717, 1.165) is 16.1 Å². The molecule has 0 unspecified atom stereocenters. The van der Waals surface area contributed by atoms with Crippen LogP contribution in [0.1, 0.15) is 16.3 Å². The van der Waals surface area contributed by atoms with Gasteiger partial charge in [0.15, 0.2) is 5.13 Å². The maximum Gasteiger partial charge on any atom is 0.327 e. The molecule has 0 spiro atoms. The highest BCUT2D eigenvalue weighted by molar-refractivity contribution is 7.15. The first kappa shape index (κ1) is 20.4. The third kappa shape index (κ3) is 5.83. The Morgan fingerprint density at radius 3 is 2.55 bits per heavy atom. The molecule has 4 rings (SSSR count). The third-order valence-electron chi connectivity index (χ3n) is 4.12. The first-order valence-electron chi connectivity index (χ1n) is 9.57. The van der Waals surface area contributed by atoms with E-state index >= 15 is 0 Å². The SMILES string of the molecule is Cc1ccc(Oc2nc(C)nc(Nc3ncc(CC(=O)Nc4ccccc4)s3)n2)cc1. The normalized spacial score (nSPS) is 10.5. The summed E-state index contributed by atoms with van der Waals surface area (Å²) in [7, 11) is 0. The van der Waals surface area contributed by atoms with Crippen LogP contribution in [0.2, 0.25) is 0 Å². The zero-order chi connectivity index (χ0) is 21.6. The minimum Gasteiger partial charge on any atom is -0.424 e. The van der Waals surface area contributed by atoms with Crippen LogP contribution in [0.3, 0.4) is 0 Å². The van der Waals surface area contributed by atoms with Gasteiger partial charge in [0, 0.05) is 16.8 Å². The van der Waals surface area contributed by atoms with Crippen LogP contribution in [-0.2, 0) is 11.2 Å². The maximum atomic E-state index is 12.2. The lowest BCUT2D eigenvalue weighted by atomic mass is 10.2. The quantitative estimate of drug-likeness (QED) is 0.438. The van der Waals surface area contributed by atoms with Crippen LogP contribution in [0.15, 0.2) is 60.8 Å². The topological polar surface area (TPSA) is 102 Å². The zero-order valence-corrected chi connectivity index (χ0v) is 17.8. The summed E-state index contributed by atoms with van der Waals surface area (Å²) in [5.74, 6) is 1.37. The number of benzene rings is 2. The Kier molecular flexibility index (Phi) is 6.13. The van der Waals surface area contributed by atoms with E-state index < -0.39 is 0 Å². The van der Waals surface area contributed by atoms with Crippen LogP contribution in [0.4, 0.5) is 16.8 Å². The Labute approximate surface area is 183 Å². The van der Waals surface area contributed by atoms with Gasteiger partial charge in [-0.1, -0.05) is 35.9 Å². The predicted octanol–water partition coefficient (Wildman–Crippen LogP) is 4.66. The molecule has 156 valence electrons. The van der Waals surface area contributed by atoms with Crippen molar-refractivity contribution in [3.63, 3.8) is 0 Å². The lowest BCUT2D eigenvalue weighted by Gasteiger charge is -2.07. The highest BCUT2D eigenvalue weighted by Gasteiger charge is 2.11. The number of aromatic nitrogens is 4. The van der Waals surface area contributed by atoms with Crippen molar-refractivity contribution >= 4 is 34.0 Å². The fourth-order valence-corrected chi connectivity index (χ4v) is 3.50.